The Morgan fingerprint density at radius 3 is 1.67 bits per heavy atom. The third kappa shape index (κ3) is 10.4. The number of ketones is 1. The molecule has 6 nitrogen and oxygen atoms in total. The van der Waals surface area contributed by atoms with Crippen molar-refractivity contribution in [1.82, 2.24) is 0 Å². The van der Waals surface area contributed by atoms with Gasteiger partial charge in [0.15, 0.2) is 8.32 Å². The fraction of sp³-hybridized carbons (Fsp3) is 0.675. The number of aliphatic hydroxyl groups excluding tert-OH is 1. The average molecular weight is 702 g/mol. The molecule has 2 aromatic rings. The quantitative estimate of drug-likeness (QED) is 0.132. The van der Waals surface area contributed by atoms with Crippen molar-refractivity contribution in [2.45, 2.75) is 131 Å². The Labute approximate surface area is 297 Å². The van der Waals surface area contributed by atoms with E-state index in [1.165, 1.54) is 10.4 Å². The number of hydrogen-bond donors (Lipinski definition) is 1. The minimum absolute atomic E-state index is 0.0156. The fourth-order valence-electron chi connectivity index (χ4n) is 6.24. The summed E-state index contributed by atoms with van der Waals surface area (Å²) in [6.07, 6.45) is -3.39. The second-order valence-electron chi connectivity index (χ2n) is 17.3. The van der Waals surface area contributed by atoms with Gasteiger partial charge in [-0.25, -0.2) is 0 Å². The van der Waals surface area contributed by atoms with Crippen LogP contribution in [0.25, 0.3) is 0 Å². The lowest BCUT2D eigenvalue weighted by atomic mass is 9.79. The second kappa shape index (κ2) is 17.0. The van der Waals surface area contributed by atoms with E-state index in [0.29, 0.717) is 6.61 Å². The van der Waals surface area contributed by atoms with Crippen molar-refractivity contribution in [3.8, 4) is 0 Å². The van der Waals surface area contributed by atoms with Gasteiger partial charge in [-0.2, -0.15) is 0 Å². The van der Waals surface area contributed by atoms with Crippen LogP contribution >= 0.6 is 0 Å². The van der Waals surface area contributed by atoms with Gasteiger partial charge in [0.2, 0.25) is 0 Å². The van der Waals surface area contributed by atoms with Crippen molar-refractivity contribution in [2.24, 2.45) is 23.2 Å². The summed E-state index contributed by atoms with van der Waals surface area (Å²) < 4.78 is 35.2. The summed E-state index contributed by atoms with van der Waals surface area (Å²) in [6.45, 7) is 30.0. The van der Waals surface area contributed by atoms with Gasteiger partial charge < -0.3 is 23.4 Å². The van der Waals surface area contributed by atoms with Gasteiger partial charge in [-0.1, -0.05) is 144 Å². The summed E-state index contributed by atoms with van der Waals surface area (Å²) in [5.41, 5.74) is -0.748. The van der Waals surface area contributed by atoms with Gasteiger partial charge in [0.1, 0.15) is 12.6 Å². The molecule has 48 heavy (non-hydrogen) atoms. The van der Waals surface area contributed by atoms with E-state index in [-0.39, 0.29) is 40.6 Å². The summed E-state index contributed by atoms with van der Waals surface area (Å²) >= 11 is 0. The van der Waals surface area contributed by atoms with Gasteiger partial charge in [-0.15, -0.1) is 0 Å². The Hall–Kier alpha value is -1.66. The molecule has 0 unspecified atom stereocenters. The van der Waals surface area contributed by atoms with E-state index in [4.69, 9.17) is 19.7 Å². The molecule has 0 spiro atoms. The van der Waals surface area contributed by atoms with Crippen molar-refractivity contribution >= 4 is 32.8 Å². The van der Waals surface area contributed by atoms with Gasteiger partial charge in [0, 0.05) is 44.7 Å². The van der Waals surface area contributed by atoms with Crippen LogP contribution in [0.5, 0.6) is 0 Å². The van der Waals surface area contributed by atoms with E-state index in [1.54, 1.807) is 27.9 Å². The number of methoxy groups -OCH3 is 1. The monoisotopic (exact) mass is 701 g/mol. The molecular weight excluding hydrogens is 633 g/mol. The minimum Gasteiger partial charge on any atom is -0.413 e. The maximum Gasteiger partial charge on any atom is 0.261 e. The summed E-state index contributed by atoms with van der Waals surface area (Å²) in [5, 5.41) is 13.7. The molecule has 0 radical (unpaired) electrons. The zero-order valence-electron chi connectivity index (χ0n) is 33.7. The zero-order valence-corrected chi connectivity index (χ0v) is 34.7. The predicted molar refractivity (Wildman–Crippen MR) is 205 cm³/mol. The van der Waals surface area contributed by atoms with Gasteiger partial charge in [0.25, 0.3) is 8.32 Å². The van der Waals surface area contributed by atoms with Crippen molar-refractivity contribution in [3.63, 3.8) is 0 Å². The lowest BCUT2D eigenvalue weighted by molar-refractivity contribution is -0.148. The Morgan fingerprint density at radius 1 is 0.792 bits per heavy atom. The van der Waals surface area contributed by atoms with Crippen LogP contribution in [-0.2, 0) is 23.1 Å². The first-order chi connectivity index (χ1) is 22.4. The normalized spacial score (nSPS) is 18.3. The number of hydrogen-bond acceptors (Lipinski definition) is 6. The number of ether oxygens (including phenoxy) is 2. The van der Waals surface area contributed by atoms with Crippen LogP contribution in [0, 0.1) is 23.2 Å². The number of aliphatic hydroxyl groups is 1. The van der Waals surface area contributed by atoms with Crippen molar-refractivity contribution in [1.29, 1.82) is 0 Å². The third-order valence-electron chi connectivity index (χ3n) is 10.3. The molecule has 0 fully saturated rings. The molecule has 2 aromatic carbocycles. The van der Waals surface area contributed by atoms with E-state index in [2.05, 4.69) is 129 Å². The predicted octanol–water partition coefficient (Wildman–Crippen LogP) is 8.22. The number of carbonyl (C=O) groups is 1. The first-order valence-corrected chi connectivity index (χ1v) is 22.4. The molecule has 7 atom stereocenters. The van der Waals surface area contributed by atoms with Gasteiger partial charge in [-0.05, 0) is 33.5 Å². The molecule has 8 heteroatoms. The van der Waals surface area contributed by atoms with Crippen LogP contribution in [-0.4, -0.2) is 66.3 Å². The summed E-state index contributed by atoms with van der Waals surface area (Å²) in [4.78, 5) is 13.1. The summed E-state index contributed by atoms with van der Waals surface area (Å²) in [6, 6.07) is 21.3. The first kappa shape index (κ1) is 40.8. The number of benzene rings is 2. The first-order valence-electron chi connectivity index (χ1n) is 18.2. The Balaban J connectivity index is 2.65. The SMILES string of the molecule is [2H][C@H](C(=O)C(C)(C)C)[C@@H](O)[C@H](C)[C@H](OCOC)[C@@H](C)[C@@H](O[Si](C)(C)C(C)(C)C)[C@H](C)CO[Si](c1ccccc1)(c1ccccc1)C(C)(C)C. The molecule has 0 aromatic heterocycles. The van der Waals surface area contributed by atoms with Gasteiger partial charge >= 0.3 is 0 Å². The van der Waals surface area contributed by atoms with Crippen LogP contribution in [0.2, 0.25) is 23.2 Å². The summed E-state index contributed by atoms with van der Waals surface area (Å²) in [7, 11) is -3.57. The molecule has 0 bridgehead atoms. The highest BCUT2D eigenvalue weighted by Crippen LogP contribution is 2.42. The van der Waals surface area contributed by atoms with E-state index in [9.17, 15) is 9.90 Å². The molecule has 0 amide bonds. The molecule has 2 rings (SSSR count). The number of carbonyl (C=O) groups excluding carboxylic acids is 1. The van der Waals surface area contributed by atoms with Crippen molar-refractivity contribution in [2.75, 3.05) is 20.5 Å². The maximum atomic E-state index is 13.1. The summed E-state index contributed by atoms with van der Waals surface area (Å²) in [5.74, 6) is -1.14. The lowest BCUT2D eigenvalue weighted by Crippen LogP contribution is -2.67. The van der Waals surface area contributed by atoms with E-state index >= 15 is 0 Å². The molecule has 0 aliphatic carbocycles. The third-order valence-corrected chi connectivity index (χ3v) is 19.8. The fourth-order valence-corrected chi connectivity index (χ4v) is 12.4. The molecular formula is C40H68O6Si2. The Morgan fingerprint density at radius 2 is 1.27 bits per heavy atom. The van der Waals surface area contributed by atoms with Crippen molar-refractivity contribution in [3.05, 3.63) is 60.7 Å². The molecule has 0 aliphatic heterocycles. The van der Waals surface area contributed by atoms with E-state index in [1.807, 2.05) is 6.92 Å². The standard InChI is InChI=1S/C40H68O6Si2/c1-29(27-45-48(40(10,11)12,32-22-18-16-19-23-32)33-24-20-17-21-25-33)36(46-47(14,15)39(7,8)9)31(3)37(44-28-43-13)30(2)34(41)26-35(42)38(4,5)6/h16-25,29-31,34,36-37,41H,26-28H2,1-15H3/t29-,30+,31+,34-,36+,37+/m1/s1/i26D/t26-,29+,30-,31-,34+,36-,37-/m0. The molecule has 0 aliphatic rings. The largest absolute Gasteiger partial charge is 0.413 e. The Kier molecular flexibility index (Phi) is 14.5. The van der Waals surface area contributed by atoms with Gasteiger partial charge in [0.05, 0.1) is 18.3 Å². The molecule has 0 saturated heterocycles. The molecule has 0 saturated carbocycles. The zero-order chi connectivity index (χ0) is 37.6. The smallest absolute Gasteiger partial charge is 0.261 e. The topological polar surface area (TPSA) is 74.2 Å². The van der Waals surface area contributed by atoms with Crippen LogP contribution in [0.1, 0.15) is 90.9 Å². The highest BCUT2D eigenvalue weighted by atomic mass is 28.4. The van der Waals surface area contributed by atoms with E-state index < -0.39 is 46.6 Å². The molecule has 0 heterocycles. The minimum atomic E-state index is -2.82. The molecule has 272 valence electrons. The van der Waals surface area contributed by atoms with Crippen LogP contribution in [0.3, 0.4) is 0 Å². The number of rotatable bonds is 17. The highest BCUT2D eigenvalue weighted by molar-refractivity contribution is 6.99. The molecule has 1 N–H and O–H groups in total. The van der Waals surface area contributed by atoms with E-state index in [0.717, 1.165) is 0 Å². The van der Waals surface area contributed by atoms with Gasteiger partial charge in [-0.3, -0.25) is 4.79 Å². The van der Waals surface area contributed by atoms with Crippen LogP contribution in [0.15, 0.2) is 60.7 Å². The van der Waals surface area contributed by atoms with Crippen LogP contribution in [0.4, 0.5) is 0 Å². The van der Waals surface area contributed by atoms with Crippen molar-refractivity contribution < 1.29 is 29.6 Å². The second-order valence-corrected chi connectivity index (χ2v) is 26.4. The van der Waals surface area contributed by atoms with Crippen LogP contribution < -0.4 is 10.4 Å². The lowest BCUT2D eigenvalue weighted by Gasteiger charge is -2.47. The highest BCUT2D eigenvalue weighted by Gasteiger charge is 2.51. The maximum absolute atomic E-state index is 13.1. The number of Topliss-reactive ketones (excluding diaryl/α,β-unsaturated/α-hetero) is 1. The Bertz CT molecular complexity index is 1250. The average Bonchev–Trinajstić information content (AvgIpc) is 3.02.